The summed E-state index contributed by atoms with van der Waals surface area (Å²) in [5.74, 6) is -0.620. The molecule has 0 spiro atoms. The number of benzene rings is 2. The molecule has 0 aromatic heterocycles. The Morgan fingerprint density at radius 1 is 0.840 bits per heavy atom. The first kappa shape index (κ1) is 17.1. The number of halogens is 1. The second kappa shape index (κ2) is 7.47. The maximum Gasteiger partial charge on any atom is 0.254 e. The third-order valence-corrected chi connectivity index (χ3v) is 4.41. The van der Waals surface area contributed by atoms with Crippen molar-refractivity contribution in [3.63, 3.8) is 0 Å². The van der Waals surface area contributed by atoms with Crippen LogP contribution >= 0.6 is 0 Å². The fourth-order valence-electron chi connectivity index (χ4n) is 3.09. The summed E-state index contributed by atoms with van der Waals surface area (Å²) in [4.78, 5) is 28.7. The summed E-state index contributed by atoms with van der Waals surface area (Å²) in [6.07, 6.45) is 0.707. The van der Waals surface area contributed by atoms with Crippen LogP contribution in [0.2, 0.25) is 0 Å². The van der Waals surface area contributed by atoms with Crippen LogP contribution in [0.5, 0.6) is 0 Å². The van der Waals surface area contributed by atoms with E-state index in [-0.39, 0.29) is 11.8 Å². The van der Waals surface area contributed by atoms with E-state index in [9.17, 15) is 14.0 Å². The molecule has 5 heteroatoms. The standard InChI is InChI=1S/C20H21FN2O2/c1-15-5-2-6-16(13-15)19(24)22-9-4-10-23(12-11-22)20(25)17-7-3-8-18(21)14-17/h2-3,5-8,13-14H,4,9-12H2,1H3. The first-order valence-corrected chi connectivity index (χ1v) is 8.45. The van der Waals surface area contributed by atoms with Crippen LogP contribution in [0.3, 0.4) is 0 Å². The number of amides is 2. The van der Waals surface area contributed by atoms with Gasteiger partial charge >= 0.3 is 0 Å². The number of hydrogen-bond donors (Lipinski definition) is 0. The molecular weight excluding hydrogens is 319 g/mol. The predicted octanol–water partition coefficient (Wildman–Crippen LogP) is 3.12. The maximum atomic E-state index is 13.3. The van der Waals surface area contributed by atoms with Gasteiger partial charge in [0, 0.05) is 37.3 Å². The van der Waals surface area contributed by atoms with E-state index in [0.717, 1.165) is 5.56 Å². The van der Waals surface area contributed by atoms with Crippen LogP contribution < -0.4 is 0 Å². The molecular formula is C20H21FN2O2. The van der Waals surface area contributed by atoms with Crippen LogP contribution in [0.25, 0.3) is 0 Å². The summed E-state index contributed by atoms with van der Waals surface area (Å²) in [6, 6.07) is 13.3. The van der Waals surface area contributed by atoms with Gasteiger partial charge in [-0.05, 0) is 43.7 Å². The summed E-state index contributed by atoms with van der Waals surface area (Å²) in [5.41, 5.74) is 2.06. The van der Waals surface area contributed by atoms with Gasteiger partial charge in [0.1, 0.15) is 5.82 Å². The zero-order valence-corrected chi connectivity index (χ0v) is 14.2. The van der Waals surface area contributed by atoms with Gasteiger partial charge < -0.3 is 9.80 Å². The van der Waals surface area contributed by atoms with E-state index in [4.69, 9.17) is 0 Å². The predicted molar refractivity (Wildman–Crippen MR) is 94.0 cm³/mol. The van der Waals surface area contributed by atoms with Crippen LogP contribution in [-0.4, -0.2) is 47.8 Å². The van der Waals surface area contributed by atoms with Crippen molar-refractivity contribution in [3.8, 4) is 0 Å². The fourth-order valence-corrected chi connectivity index (χ4v) is 3.09. The van der Waals surface area contributed by atoms with E-state index in [1.807, 2.05) is 31.2 Å². The lowest BCUT2D eigenvalue weighted by Crippen LogP contribution is -2.37. The summed E-state index contributed by atoms with van der Waals surface area (Å²) in [7, 11) is 0. The molecule has 0 atom stereocenters. The molecule has 0 saturated carbocycles. The van der Waals surface area contributed by atoms with Crippen molar-refractivity contribution >= 4 is 11.8 Å². The van der Waals surface area contributed by atoms with Crippen molar-refractivity contribution in [1.82, 2.24) is 9.80 Å². The Morgan fingerprint density at radius 2 is 1.40 bits per heavy atom. The molecule has 0 radical (unpaired) electrons. The second-order valence-corrected chi connectivity index (χ2v) is 6.32. The molecule has 0 N–H and O–H groups in total. The molecule has 1 saturated heterocycles. The van der Waals surface area contributed by atoms with Crippen LogP contribution in [0, 0.1) is 12.7 Å². The van der Waals surface area contributed by atoms with Gasteiger partial charge in [-0.2, -0.15) is 0 Å². The third-order valence-electron chi connectivity index (χ3n) is 4.41. The summed E-state index contributed by atoms with van der Waals surface area (Å²) in [5, 5.41) is 0. The van der Waals surface area contributed by atoms with Gasteiger partial charge in [0.2, 0.25) is 0 Å². The van der Waals surface area contributed by atoms with E-state index in [2.05, 4.69) is 0 Å². The molecule has 1 aliphatic rings. The Bertz CT molecular complexity index is 725. The topological polar surface area (TPSA) is 40.6 Å². The highest BCUT2D eigenvalue weighted by Gasteiger charge is 2.23. The molecule has 2 aromatic rings. The Hall–Kier alpha value is -2.69. The average molecular weight is 340 g/mol. The van der Waals surface area contributed by atoms with E-state index in [0.29, 0.717) is 43.7 Å². The Morgan fingerprint density at radius 3 is 1.96 bits per heavy atom. The number of rotatable bonds is 2. The Kier molecular flexibility index (Phi) is 5.12. The van der Waals surface area contributed by atoms with Crippen LogP contribution in [-0.2, 0) is 0 Å². The molecule has 25 heavy (non-hydrogen) atoms. The van der Waals surface area contributed by atoms with Crippen molar-refractivity contribution in [2.45, 2.75) is 13.3 Å². The monoisotopic (exact) mass is 340 g/mol. The van der Waals surface area contributed by atoms with Gasteiger partial charge in [-0.1, -0.05) is 23.8 Å². The van der Waals surface area contributed by atoms with E-state index in [1.165, 1.54) is 18.2 Å². The van der Waals surface area contributed by atoms with Crippen molar-refractivity contribution in [2.24, 2.45) is 0 Å². The van der Waals surface area contributed by atoms with Gasteiger partial charge in [-0.25, -0.2) is 4.39 Å². The van der Waals surface area contributed by atoms with Crippen molar-refractivity contribution in [1.29, 1.82) is 0 Å². The Balaban J connectivity index is 1.68. The molecule has 0 unspecified atom stereocenters. The van der Waals surface area contributed by atoms with E-state index in [1.54, 1.807) is 15.9 Å². The van der Waals surface area contributed by atoms with Crippen molar-refractivity contribution < 1.29 is 14.0 Å². The zero-order valence-electron chi connectivity index (χ0n) is 14.2. The molecule has 130 valence electrons. The van der Waals surface area contributed by atoms with Gasteiger partial charge in [-0.3, -0.25) is 9.59 Å². The van der Waals surface area contributed by atoms with Gasteiger partial charge in [0.15, 0.2) is 0 Å². The quantitative estimate of drug-likeness (QED) is 0.843. The molecule has 0 aliphatic carbocycles. The Labute approximate surface area is 146 Å². The minimum atomic E-state index is -0.420. The number of nitrogens with zero attached hydrogens (tertiary/aromatic N) is 2. The first-order chi connectivity index (χ1) is 12.0. The van der Waals surface area contributed by atoms with E-state index >= 15 is 0 Å². The molecule has 2 aromatic carbocycles. The normalized spacial score (nSPS) is 15.0. The largest absolute Gasteiger partial charge is 0.337 e. The molecule has 1 fully saturated rings. The molecule has 4 nitrogen and oxygen atoms in total. The van der Waals surface area contributed by atoms with Crippen LogP contribution in [0.4, 0.5) is 4.39 Å². The minimum Gasteiger partial charge on any atom is -0.337 e. The zero-order chi connectivity index (χ0) is 17.8. The highest BCUT2D eigenvalue weighted by Crippen LogP contribution is 2.13. The summed E-state index contributed by atoms with van der Waals surface area (Å²) < 4.78 is 13.3. The SMILES string of the molecule is Cc1cccc(C(=O)N2CCCN(C(=O)c3cccc(F)c3)CC2)c1. The number of hydrogen-bond acceptors (Lipinski definition) is 2. The molecule has 0 bridgehead atoms. The van der Waals surface area contributed by atoms with Gasteiger partial charge in [-0.15, -0.1) is 0 Å². The smallest absolute Gasteiger partial charge is 0.254 e. The van der Waals surface area contributed by atoms with E-state index < -0.39 is 5.82 Å². The average Bonchev–Trinajstić information content (AvgIpc) is 2.86. The number of carbonyl (C=O) groups is 2. The van der Waals surface area contributed by atoms with Crippen LogP contribution in [0.15, 0.2) is 48.5 Å². The fraction of sp³-hybridized carbons (Fsp3) is 0.300. The summed E-state index contributed by atoms with van der Waals surface area (Å²) in [6.45, 7) is 4.06. The van der Waals surface area contributed by atoms with Crippen molar-refractivity contribution in [3.05, 3.63) is 71.0 Å². The highest BCUT2D eigenvalue weighted by molar-refractivity contribution is 5.95. The maximum absolute atomic E-state index is 13.3. The highest BCUT2D eigenvalue weighted by atomic mass is 19.1. The lowest BCUT2D eigenvalue weighted by molar-refractivity contribution is 0.0718. The molecule has 2 amide bonds. The molecule has 1 aliphatic heterocycles. The van der Waals surface area contributed by atoms with Gasteiger partial charge in [0.05, 0.1) is 0 Å². The minimum absolute atomic E-state index is 0.0104. The molecule has 1 heterocycles. The first-order valence-electron chi connectivity index (χ1n) is 8.45. The third kappa shape index (κ3) is 4.05. The molecule has 3 rings (SSSR count). The lowest BCUT2D eigenvalue weighted by Gasteiger charge is -2.22. The van der Waals surface area contributed by atoms with Gasteiger partial charge in [0.25, 0.3) is 11.8 Å². The van der Waals surface area contributed by atoms with Crippen molar-refractivity contribution in [2.75, 3.05) is 26.2 Å². The lowest BCUT2D eigenvalue weighted by atomic mass is 10.1. The number of aryl methyl sites for hydroxylation is 1. The summed E-state index contributed by atoms with van der Waals surface area (Å²) >= 11 is 0. The van der Waals surface area contributed by atoms with Crippen LogP contribution in [0.1, 0.15) is 32.7 Å². The number of carbonyl (C=O) groups excluding carboxylic acids is 2. The second-order valence-electron chi connectivity index (χ2n) is 6.32.